The highest BCUT2D eigenvalue weighted by Crippen LogP contribution is 2.22. The minimum absolute atomic E-state index is 0.00306. The van der Waals surface area contributed by atoms with Crippen LogP contribution in [0.1, 0.15) is 33.3 Å². The lowest BCUT2D eigenvalue weighted by Crippen LogP contribution is -2.37. The Kier molecular flexibility index (Phi) is 9.07. The average molecular weight is 410 g/mol. The molecule has 0 aliphatic rings. The van der Waals surface area contributed by atoms with Crippen LogP contribution in [0.2, 0.25) is 0 Å². The molecule has 0 aromatic heterocycles. The SMILES string of the molecule is CCOC(=O)N(C(=O)O)c1ccccc1COC(=O)CNCC(=O)OC(C)(C)C. The van der Waals surface area contributed by atoms with Crippen molar-refractivity contribution in [3.8, 4) is 0 Å². The Morgan fingerprint density at radius 1 is 1.03 bits per heavy atom. The molecule has 0 aliphatic heterocycles. The number of carbonyl (C=O) groups excluding carboxylic acids is 3. The zero-order valence-electron chi connectivity index (χ0n) is 16.9. The number of ether oxygens (including phenoxy) is 3. The van der Waals surface area contributed by atoms with Gasteiger partial charge in [0.15, 0.2) is 0 Å². The number of rotatable bonds is 8. The Morgan fingerprint density at radius 2 is 1.66 bits per heavy atom. The highest BCUT2D eigenvalue weighted by molar-refractivity contribution is 6.09. The van der Waals surface area contributed by atoms with E-state index in [9.17, 15) is 24.3 Å². The van der Waals surface area contributed by atoms with Crippen molar-refractivity contribution < 1.29 is 38.5 Å². The molecule has 0 aliphatic carbocycles. The van der Waals surface area contributed by atoms with Crippen LogP contribution in [0.25, 0.3) is 0 Å². The summed E-state index contributed by atoms with van der Waals surface area (Å²) in [6, 6.07) is 6.07. The Labute approximate surface area is 168 Å². The van der Waals surface area contributed by atoms with Crippen molar-refractivity contribution in [1.82, 2.24) is 5.32 Å². The van der Waals surface area contributed by atoms with Crippen LogP contribution in [0.15, 0.2) is 24.3 Å². The molecule has 0 spiro atoms. The van der Waals surface area contributed by atoms with Gasteiger partial charge < -0.3 is 19.3 Å². The summed E-state index contributed by atoms with van der Waals surface area (Å²) < 4.78 is 14.9. The number of anilines is 1. The van der Waals surface area contributed by atoms with Crippen molar-refractivity contribution in [3.63, 3.8) is 0 Å². The fraction of sp³-hybridized carbons (Fsp3) is 0.474. The molecule has 1 aromatic carbocycles. The summed E-state index contributed by atoms with van der Waals surface area (Å²) in [5.74, 6) is -1.18. The van der Waals surface area contributed by atoms with E-state index < -0.39 is 29.7 Å². The molecule has 160 valence electrons. The molecule has 10 heteroatoms. The fourth-order valence-corrected chi connectivity index (χ4v) is 2.17. The first-order valence-corrected chi connectivity index (χ1v) is 8.91. The molecular weight excluding hydrogens is 384 g/mol. The second-order valence-corrected chi connectivity index (χ2v) is 6.80. The third kappa shape index (κ3) is 8.60. The number of carbonyl (C=O) groups is 4. The highest BCUT2D eigenvalue weighted by atomic mass is 16.6. The number of amides is 2. The Hall–Kier alpha value is -3.14. The van der Waals surface area contributed by atoms with Gasteiger partial charge in [0.05, 0.1) is 25.4 Å². The van der Waals surface area contributed by atoms with Crippen molar-refractivity contribution in [2.45, 2.75) is 39.9 Å². The summed E-state index contributed by atoms with van der Waals surface area (Å²) in [5.41, 5.74) is -0.311. The Morgan fingerprint density at radius 3 is 2.24 bits per heavy atom. The highest BCUT2D eigenvalue weighted by Gasteiger charge is 2.26. The lowest BCUT2D eigenvalue weighted by molar-refractivity contribution is -0.153. The predicted molar refractivity (Wildman–Crippen MR) is 102 cm³/mol. The van der Waals surface area contributed by atoms with Gasteiger partial charge in [-0.15, -0.1) is 0 Å². The number of hydrogen-bond donors (Lipinski definition) is 2. The fourth-order valence-electron chi connectivity index (χ4n) is 2.17. The van der Waals surface area contributed by atoms with E-state index in [0.29, 0.717) is 10.5 Å². The normalized spacial score (nSPS) is 10.8. The monoisotopic (exact) mass is 410 g/mol. The summed E-state index contributed by atoms with van der Waals surface area (Å²) in [6.45, 7) is 6.06. The van der Waals surface area contributed by atoms with Crippen LogP contribution < -0.4 is 10.2 Å². The van der Waals surface area contributed by atoms with Crippen molar-refractivity contribution in [2.75, 3.05) is 24.6 Å². The number of carboxylic acid groups (broad SMARTS) is 1. The molecule has 0 heterocycles. The number of benzene rings is 1. The molecule has 1 aromatic rings. The molecule has 0 unspecified atom stereocenters. The van der Waals surface area contributed by atoms with E-state index in [-0.39, 0.29) is 32.0 Å². The average Bonchev–Trinajstić information content (AvgIpc) is 2.59. The Bertz CT molecular complexity index is 742. The van der Waals surface area contributed by atoms with Crippen LogP contribution in [-0.4, -0.2) is 54.5 Å². The van der Waals surface area contributed by atoms with Gasteiger partial charge in [-0.05, 0) is 33.8 Å². The van der Waals surface area contributed by atoms with Crippen molar-refractivity contribution in [3.05, 3.63) is 29.8 Å². The molecule has 29 heavy (non-hydrogen) atoms. The number of nitrogens with zero attached hydrogens (tertiary/aromatic N) is 1. The molecule has 2 N–H and O–H groups in total. The summed E-state index contributed by atoms with van der Waals surface area (Å²) in [5, 5.41) is 11.9. The predicted octanol–water partition coefficient (Wildman–Crippen LogP) is 2.30. The zero-order valence-corrected chi connectivity index (χ0v) is 16.9. The van der Waals surface area contributed by atoms with Gasteiger partial charge in [-0.3, -0.25) is 14.9 Å². The molecule has 0 saturated heterocycles. The molecular formula is C19H26N2O8. The number of esters is 2. The van der Waals surface area contributed by atoms with E-state index in [0.717, 1.165) is 0 Å². The van der Waals surface area contributed by atoms with Crippen LogP contribution in [-0.2, 0) is 30.4 Å². The third-order valence-electron chi connectivity index (χ3n) is 3.22. The standard InChI is InChI=1S/C19H26N2O8/c1-5-27-18(26)21(17(24)25)14-9-7-6-8-13(14)12-28-15(22)10-20-11-16(23)29-19(2,3)4/h6-9,20H,5,10-12H2,1-4H3,(H,24,25). The molecule has 10 nitrogen and oxygen atoms in total. The second-order valence-electron chi connectivity index (χ2n) is 6.80. The van der Waals surface area contributed by atoms with Crippen molar-refractivity contribution in [1.29, 1.82) is 0 Å². The van der Waals surface area contributed by atoms with Gasteiger partial charge in [-0.1, -0.05) is 18.2 Å². The quantitative estimate of drug-likeness (QED) is 0.489. The second kappa shape index (κ2) is 11.0. The molecule has 0 bridgehead atoms. The Balaban J connectivity index is 2.66. The molecule has 1 rings (SSSR count). The first-order chi connectivity index (χ1) is 13.5. The largest absolute Gasteiger partial charge is 0.464 e. The molecule has 2 amide bonds. The lowest BCUT2D eigenvalue weighted by atomic mass is 10.2. The lowest BCUT2D eigenvalue weighted by Gasteiger charge is -2.20. The minimum atomic E-state index is -1.53. The number of imide groups is 1. The summed E-state index contributed by atoms with van der Waals surface area (Å²) in [7, 11) is 0. The summed E-state index contributed by atoms with van der Waals surface area (Å²) >= 11 is 0. The van der Waals surface area contributed by atoms with Gasteiger partial charge in [0.1, 0.15) is 12.2 Å². The van der Waals surface area contributed by atoms with E-state index in [1.807, 2.05) is 0 Å². The maximum Gasteiger partial charge on any atom is 0.424 e. The molecule has 0 saturated carbocycles. The minimum Gasteiger partial charge on any atom is -0.464 e. The van der Waals surface area contributed by atoms with E-state index in [4.69, 9.17) is 14.2 Å². The first kappa shape index (κ1) is 23.9. The van der Waals surface area contributed by atoms with Gasteiger partial charge in [-0.2, -0.15) is 4.90 Å². The van der Waals surface area contributed by atoms with Crippen molar-refractivity contribution >= 4 is 29.8 Å². The molecule has 0 radical (unpaired) electrons. The topological polar surface area (TPSA) is 131 Å². The number of hydrogen-bond acceptors (Lipinski definition) is 8. The van der Waals surface area contributed by atoms with E-state index in [1.54, 1.807) is 33.8 Å². The van der Waals surface area contributed by atoms with E-state index in [2.05, 4.69) is 5.32 Å². The van der Waals surface area contributed by atoms with Crippen LogP contribution in [0.5, 0.6) is 0 Å². The van der Waals surface area contributed by atoms with Crippen LogP contribution in [0, 0.1) is 0 Å². The van der Waals surface area contributed by atoms with E-state index in [1.165, 1.54) is 18.2 Å². The van der Waals surface area contributed by atoms with Gasteiger partial charge in [0, 0.05) is 5.56 Å². The smallest absolute Gasteiger partial charge is 0.424 e. The number of nitrogens with one attached hydrogen (secondary N) is 1. The van der Waals surface area contributed by atoms with Crippen LogP contribution in [0.4, 0.5) is 15.3 Å². The van der Waals surface area contributed by atoms with Gasteiger partial charge in [-0.25, -0.2) is 9.59 Å². The third-order valence-corrected chi connectivity index (χ3v) is 3.22. The van der Waals surface area contributed by atoms with Gasteiger partial charge >= 0.3 is 24.1 Å². The van der Waals surface area contributed by atoms with Crippen molar-refractivity contribution in [2.24, 2.45) is 0 Å². The summed E-state index contributed by atoms with van der Waals surface area (Å²) in [4.78, 5) is 47.3. The van der Waals surface area contributed by atoms with Gasteiger partial charge in [0.25, 0.3) is 0 Å². The van der Waals surface area contributed by atoms with Gasteiger partial charge in [0.2, 0.25) is 0 Å². The summed E-state index contributed by atoms with van der Waals surface area (Å²) in [6.07, 6.45) is -2.58. The maximum atomic E-state index is 11.9. The maximum absolute atomic E-state index is 11.9. The molecule has 0 fully saturated rings. The number of para-hydroxylation sites is 1. The van der Waals surface area contributed by atoms with E-state index >= 15 is 0 Å². The molecule has 0 atom stereocenters. The zero-order chi connectivity index (χ0) is 22.0. The first-order valence-electron chi connectivity index (χ1n) is 8.91. The van der Waals surface area contributed by atoms with Crippen LogP contribution >= 0.6 is 0 Å². The van der Waals surface area contributed by atoms with Crippen LogP contribution in [0.3, 0.4) is 0 Å².